The first-order valence-corrected chi connectivity index (χ1v) is 11.6. The lowest BCUT2D eigenvalue weighted by molar-refractivity contribution is -0.136. The number of methoxy groups -OCH3 is 1. The molecule has 2 aliphatic heterocycles. The van der Waals surface area contributed by atoms with Crippen molar-refractivity contribution in [3.8, 4) is 0 Å². The molecule has 1 unspecified atom stereocenters. The van der Waals surface area contributed by atoms with Gasteiger partial charge in [0.2, 0.25) is 5.91 Å². The van der Waals surface area contributed by atoms with Gasteiger partial charge in [0.05, 0.1) is 30.8 Å². The van der Waals surface area contributed by atoms with Crippen LogP contribution in [0.3, 0.4) is 0 Å². The number of aryl methyl sites for hydroxylation is 1. The van der Waals surface area contributed by atoms with E-state index in [0.717, 1.165) is 34.1 Å². The summed E-state index contributed by atoms with van der Waals surface area (Å²) in [6.07, 6.45) is 1.80. The SMILES string of the molecule is CCC1=C(C(=O)OC)C(c2cccc(C)c2)N2C(CC(=O)NCCC(C)C)=CSC2=N1. The number of ether oxygens (including phenoxy) is 1. The molecule has 2 heterocycles. The van der Waals surface area contributed by atoms with Crippen LogP contribution in [0.2, 0.25) is 0 Å². The summed E-state index contributed by atoms with van der Waals surface area (Å²) in [6.45, 7) is 8.95. The molecule has 6 nitrogen and oxygen atoms in total. The third kappa shape index (κ3) is 5.21. The van der Waals surface area contributed by atoms with E-state index in [4.69, 9.17) is 9.73 Å². The third-order valence-corrected chi connectivity index (χ3v) is 6.26. The Morgan fingerprint density at radius 1 is 1.32 bits per heavy atom. The van der Waals surface area contributed by atoms with Crippen LogP contribution >= 0.6 is 11.8 Å². The van der Waals surface area contributed by atoms with Gasteiger partial charge in [-0.3, -0.25) is 4.79 Å². The normalized spacial score (nSPS) is 18.0. The maximum atomic E-state index is 12.8. The summed E-state index contributed by atoms with van der Waals surface area (Å²) in [5, 5.41) is 5.77. The molecule has 0 fully saturated rings. The molecule has 0 spiro atoms. The number of carbonyl (C=O) groups excluding carboxylic acids is 2. The molecule has 3 rings (SSSR count). The van der Waals surface area contributed by atoms with E-state index in [1.165, 1.54) is 18.9 Å². The lowest BCUT2D eigenvalue weighted by Crippen LogP contribution is -2.38. The van der Waals surface area contributed by atoms with Crippen molar-refractivity contribution in [1.29, 1.82) is 0 Å². The number of nitrogens with one attached hydrogen (secondary N) is 1. The summed E-state index contributed by atoms with van der Waals surface area (Å²) in [7, 11) is 1.40. The number of aliphatic imine (C=N–C) groups is 1. The Hall–Kier alpha value is -2.54. The molecule has 1 N–H and O–H groups in total. The Labute approximate surface area is 188 Å². The average molecular weight is 442 g/mol. The number of nitrogens with zero attached hydrogens (tertiary/aromatic N) is 2. The first-order chi connectivity index (χ1) is 14.8. The smallest absolute Gasteiger partial charge is 0.338 e. The predicted octanol–water partition coefficient (Wildman–Crippen LogP) is 4.69. The summed E-state index contributed by atoms with van der Waals surface area (Å²) in [6, 6.07) is 7.73. The fraction of sp³-hybridized carbons (Fsp3) is 0.458. The molecule has 0 saturated carbocycles. The van der Waals surface area contributed by atoms with Crippen LogP contribution in [0.25, 0.3) is 0 Å². The summed E-state index contributed by atoms with van der Waals surface area (Å²) >= 11 is 1.50. The molecular weight excluding hydrogens is 410 g/mol. The second-order valence-electron chi connectivity index (χ2n) is 8.22. The van der Waals surface area contributed by atoms with Crippen molar-refractivity contribution < 1.29 is 14.3 Å². The Bertz CT molecular complexity index is 949. The average Bonchev–Trinajstić information content (AvgIpc) is 3.13. The van der Waals surface area contributed by atoms with Crippen molar-refractivity contribution in [3.63, 3.8) is 0 Å². The van der Waals surface area contributed by atoms with Crippen molar-refractivity contribution >= 4 is 28.8 Å². The van der Waals surface area contributed by atoms with Gasteiger partial charge in [-0.2, -0.15) is 0 Å². The fourth-order valence-corrected chi connectivity index (χ4v) is 4.73. The van der Waals surface area contributed by atoms with Crippen LogP contribution < -0.4 is 5.32 Å². The molecule has 1 atom stereocenters. The molecule has 0 bridgehead atoms. The minimum absolute atomic E-state index is 0.0263. The van der Waals surface area contributed by atoms with Gasteiger partial charge in [-0.15, -0.1) is 0 Å². The van der Waals surface area contributed by atoms with Gasteiger partial charge in [-0.05, 0) is 36.7 Å². The van der Waals surface area contributed by atoms with Crippen LogP contribution in [0.4, 0.5) is 0 Å². The van der Waals surface area contributed by atoms with Crippen molar-refractivity contribution in [1.82, 2.24) is 10.2 Å². The second kappa shape index (κ2) is 10.2. The van der Waals surface area contributed by atoms with Gasteiger partial charge in [0, 0.05) is 12.2 Å². The summed E-state index contributed by atoms with van der Waals surface area (Å²) < 4.78 is 5.15. The molecule has 166 valence electrons. The quantitative estimate of drug-likeness (QED) is 0.593. The monoisotopic (exact) mass is 441 g/mol. The maximum absolute atomic E-state index is 12.8. The fourth-order valence-electron chi connectivity index (χ4n) is 3.80. The standard InChI is InChI=1S/C24H31N3O3S/c1-6-19-21(23(29)30-5)22(17-9-7-8-16(4)12-17)27-18(14-31-24(27)26-19)13-20(28)25-11-10-15(2)3/h7-9,12,14-15,22H,6,10-11,13H2,1-5H3,(H,25,28). The Morgan fingerprint density at radius 3 is 2.74 bits per heavy atom. The molecule has 1 amide bonds. The molecule has 0 aliphatic carbocycles. The zero-order chi connectivity index (χ0) is 22.5. The topological polar surface area (TPSA) is 71.0 Å². The van der Waals surface area contributed by atoms with Crippen LogP contribution in [0, 0.1) is 12.8 Å². The van der Waals surface area contributed by atoms with Crippen LogP contribution in [-0.4, -0.2) is 35.6 Å². The summed E-state index contributed by atoms with van der Waals surface area (Å²) in [4.78, 5) is 32.2. The van der Waals surface area contributed by atoms with E-state index in [-0.39, 0.29) is 24.3 Å². The van der Waals surface area contributed by atoms with Gasteiger partial charge >= 0.3 is 5.97 Å². The lowest BCUT2D eigenvalue weighted by atomic mass is 9.92. The number of benzene rings is 1. The van der Waals surface area contributed by atoms with Crippen molar-refractivity contribution in [2.24, 2.45) is 10.9 Å². The number of rotatable bonds is 8. The number of allylic oxidation sites excluding steroid dienone is 1. The third-order valence-electron chi connectivity index (χ3n) is 5.37. The molecular formula is C24H31N3O3S. The van der Waals surface area contributed by atoms with Crippen molar-refractivity contribution in [3.05, 3.63) is 57.8 Å². The van der Waals surface area contributed by atoms with E-state index >= 15 is 0 Å². The molecule has 0 radical (unpaired) electrons. The van der Waals surface area contributed by atoms with Gasteiger partial charge in [0.15, 0.2) is 5.17 Å². The van der Waals surface area contributed by atoms with Crippen LogP contribution in [0.1, 0.15) is 57.2 Å². The Balaban J connectivity index is 1.95. The highest BCUT2D eigenvalue weighted by molar-refractivity contribution is 8.16. The molecule has 2 aliphatic rings. The number of fused-ring (bicyclic) bond motifs is 1. The van der Waals surface area contributed by atoms with E-state index in [2.05, 4.69) is 25.2 Å². The largest absolute Gasteiger partial charge is 0.466 e. The van der Waals surface area contributed by atoms with E-state index in [0.29, 0.717) is 24.5 Å². The van der Waals surface area contributed by atoms with E-state index < -0.39 is 0 Å². The number of amides is 1. The zero-order valence-corrected chi connectivity index (χ0v) is 19.7. The molecule has 1 aromatic rings. The number of amidine groups is 1. The van der Waals surface area contributed by atoms with Crippen molar-refractivity contribution in [2.75, 3.05) is 13.7 Å². The number of esters is 1. The van der Waals surface area contributed by atoms with Crippen molar-refractivity contribution in [2.45, 2.75) is 53.0 Å². The highest BCUT2D eigenvalue weighted by atomic mass is 32.2. The highest BCUT2D eigenvalue weighted by Crippen LogP contribution is 2.45. The maximum Gasteiger partial charge on any atom is 0.338 e. The molecule has 1 aromatic carbocycles. The highest BCUT2D eigenvalue weighted by Gasteiger charge is 2.41. The summed E-state index contributed by atoms with van der Waals surface area (Å²) in [5.41, 5.74) is 4.19. The predicted molar refractivity (Wildman–Crippen MR) is 125 cm³/mol. The molecule has 7 heteroatoms. The van der Waals surface area contributed by atoms with Gasteiger partial charge in [-0.25, -0.2) is 9.79 Å². The van der Waals surface area contributed by atoms with Gasteiger partial charge in [0.1, 0.15) is 0 Å². The number of hydrogen-bond donors (Lipinski definition) is 1. The Kier molecular flexibility index (Phi) is 7.59. The second-order valence-corrected chi connectivity index (χ2v) is 9.06. The van der Waals surface area contributed by atoms with Crippen LogP contribution in [0.15, 0.2) is 51.6 Å². The van der Waals surface area contributed by atoms with Crippen LogP contribution in [-0.2, 0) is 14.3 Å². The zero-order valence-electron chi connectivity index (χ0n) is 18.9. The first kappa shape index (κ1) is 23.1. The first-order valence-electron chi connectivity index (χ1n) is 10.7. The van der Waals surface area contributed by atoms with Crippen LogP contribution in [0.5, 0.6) is 0 Å². The van der Waals surface area contributed by atoms with E-state index in [1.807, 2.05) is 42.4 Å². The number of thioether (sulfide) groups is 1. The number of carbonyl (C=O) groups is 2. The van der Waals surface area contributed by atoms with Gasteiger partial charge < -0.3 is 15.0 Å². The lowest BCUT2D eigenvalue weighted by Gasteiger charge is -2.36. The van der Waals surface area contributed by atoms with Gasteiger partial charge in [0.25, 0.3) is 0 Å². The Morgan fingerprint density at radius 2 is 2.10 bits per heavy atom. The van der Waals surface area contributed by atoms with Gasteiger partial charge in [-0.1, -0.05) is 62.4 Å². The minimum Gasteiger partial charge on any atom is -0.466 e. The molecule has 31 heavy (non-hydrogen) atoms. The molecule has 0 saturated heterocycles. The number of hydrogen-bond acceptors (Lipinski definition) is 6. The minimum atomic E-state index is -0.385. The van der Waals surface area contributed by atoms with E-state index in [1.54, 1.807) is 0 Å². The van der Waals surface area contributed by atoms with E-state index in [9.17, 15) is 9.59 Å². The summed E-state index contributed by atoms with van der Waals surface area (Å²) in [5.74, 6) is 0.124. The molecule has 0 aromatic heterocycles.